The third kappa shape index (κ3) is 6.06. The number of aromatic amines is 1. The van der Waals surface area contributed by atoms with Crippen LogP contribution in [0.1, 0.15) is 18.9 Å². The van der Waals surface area contributed by atoms with Gasteiger partial charge >= 0.3 is 0 Å². The van der Waals surface area contributed by atoms with Gasteiger partial charge in [-0.2, -0.15) is 5.10 Å². The molecule has 7 nitrogen and oxygen atoms in total. The highest BCUT2D eigenvalue weighted by Gasteiger charge is 2.03. The fourth-order valence-corrected chi connectivity index (χ4v) is 3.47. The van der Waals surface area contributed by atoms with Gasteiger partial charge in [-0.3, -0.25) is 5.10 Å². The number of nitrogens with zero attached hydrogens (tertiary/aromatic N) is 4. The van der Waals surface area contributed by atoms with Crippen molar-refractivity contribution in [1.82, 2.24) is 30.4 Å². The fraction of sp³-hybridized carbons (Fsp3) is 0.261. The number of hydrogen-bond acceptors (Lipinski definition) is 3. The molecule has 162 valence electrons. The molecule has 0 aliphatic heterocycles. The number of hydrogen-bond donors (Lipinski definition) is 3. The maximum atomic E-state index is 4.73. The molecule has 0 unspecified atom stereocenters. The van der Waals surface area contributed by atoms with E-state index in [1.807, 2.05) is 12.1 Å². The first kappa shape index (κ1) is 22.8. The summed E-state index contributed by atoms with van der Waals surface area (Å²) in [5, 5.41) is 14.9. The lowest BCUT2D eigenvalue weighted by atomic mass is 10.1. The molecular formula is C23H28IN7. The van der Waals surface area contributed by atoms with Crippen molar-refractivity contribution < 1.29 is 0 Å². The Balaban J connectivity index is 0.00000272. The molecule has 2 aromatic heterocycles. The van der Waals surface area contributed by atoms with Gasteiger partial charge in [0.2, 0.25) is 0 Å². The van der Waals surface area contributed by atoms with Crippen LogP contribution >= 0.6 is 24.0 Å². The summed E-state index contributed by atoms with van der Waals surface area (Å²) >= 11 is 0. The summed E-state index contributed by atoms with van der Waals surface area (Å²) in [4.78, 5) is 8.95. The molecule has 31 heavy (non-hydrogen) atoms. The molecule has 0 saturated heterocycles. The second-order valence-corrected chi connectivity index (χ2v) is 7.08. The third-order valence-corrected chi connectivity index (χ3v) is 4.93. The molecule has 4 rings (SSSR count). The van der Waals surface area contributed by atoms with Gasteiger partial charge in [0.25, 0.3) is 0 Å². The minimum atomic E-state index is 0. The van der Waals surface area contributed by atoms with Gasteiger partial charge in [0.1, 0.15) is 6.33 Å². The predicted molar refractivity (Wildman–Crippen MR) is 137 cm³/mol. The lowest BCUT2D eigenvalue weighted by Crippen LogP contribution is -2.38. The van der Waals surface area contributed by atoms with E-state index in [0.717, 1.165) is 49.0 Å². The van der Waals surface area contributed by atoms with Gasteiger partial charge in [-0.15, -0.1) is 24.0 Å². The highest BCUT2D eigenvalue weighted by atomic mass is 127. The van der Waals surface area contributed by atoms with Crippen molar-refractivity contribution in [2.24, 2.45) is 4.99 Å². The number of aryl methyl sites for hydroxylation is 1. The van der Waals surface area contributed by atoms with Crippen LogP contribution in [0, 0.1) is 0 Å². The summed E-state index contributed by atoms with van der Waals surface area (Å²) in [6.07, 6.45) is 4.69. The SMILES string of the molecule is CCNC(=NCc1cccc(-c2ncn[nH]2)c1)NCCCn1ccc2ccccc21.I. The van der Waals surface area contributed by atoms with E-state index in [1.165, 1.54) is 17.2 Å². The first-order valence-electron chi connectivity index (χ1n) is 10.3. The summed E-state index contributed by atoms with van der Waals surface area (Å²) in [6, 6.07) is 18.8. The summed E-state index contributed by atoms with van der Waals surface area (Å²) < 4.78 is 2.30. The topological polar surface area (TPSA) is 82.9 Å². The number of benzene rings is 2. The van der Waals surface area contributed by atoms with Crippen molar-refractivity contribution in [3.8, 4) is 11.4 Å². The van der Waals surface area contributed by atoms with Crippen LogP contribution in [0.4, 0.5) is 0 Å². The Labute approximate surface area is 199 Å². The van der Waals surface area contributed by atoms with Crippen LogP contribution in [-0.2, 0) is 13.1 Å². The van der Waals surface area contributed by atoms with Crippen molar-refractivity contribution >= 4 is 40.8 Å². The van der Waals surface area contributed by atoms with Crippen LogP contribution in [0.2, 0.25) is 0 Å². The van der Waals surface area contributed by atoms with Crippen LogP contribution in [0.15, 0.2) is 72.1 Å². The summed E-state index contributed by atoms with van der Waals surface area (Å²) in [6.45, 7) is 5.33. The van der Waals surface area contributed by atoms with Crippen molar-refractivity contribution in [3.63, 3.8) is 0 Å². The highest BCUT2D eigenvalue weighted by Crippen LogP contribution is 2.16. The van der Waals surface area contributed by atoms with Crippen LogP contribution in [0.3, 0.4) is 0 Å². The van der Waals surface area contributed by atoms with Crippen LogP contribution in [0.5, 0.6) is 0 Å². The van der Waals surface area contributed by atoms with Crippen LogP contribution in [-0.4, -0.2) is 38.8 Å². The molecule has 0 saturated carbocycles. The number of guanidine groups is 1. The molecule has 0 radical (unpaired) electrons. The molecule has 0 spiro atoms. The van der Waals surface area contributed by atoms with Gasteiger partial charge in [0.05, 0.1) is 6.54 Å². The van der Waals surface area contributed by atoms with Gasteiger partial charge < -0.3 is 15.2 Å². The Hall–Kier alpha value is -2.88. The zero-order valence-electron chi connectivity index (χ0n) is 17.6. The van der Waals surface area contributed by atoms with Crippen molar-refractivity contribution in [1.29, 1.82) is 0 Å². The monoisotopic (exact) mass is 529 g/mol. The van der Waals surface area contributed by atoms with E-state index in [1.54, 1.807) is 0 Å². The number of fused-ring (bicyclic) bond motifs is 1. The Morgan fingerprint density at radius 3 is 2.84 bits per heavy atom. The summed E-state index contributed by atoms with van der Waals surface area (Å²) in [5.41, 5.74) is 3.42. The first-order valence-corrected chi connectivity index (χ1v) is 10.3. The standard InChI is InChI=1S/C23H27N7.HI/c1-2-24-23(25-12-6-13-30-14-11-19-8-3-4-10-21(19)30)26-16-18-7-5-9-20(15-18)22-27-17-28-29-22;/h3-5,7-11,14-15,17H,2,6,12-13,16H2,1H3,(H2,24,25,26)(H,27,28,29);1H. The number of para-hydroxylation sites is 1. The minimum Gasteiger partial charge on any atom is -0.357 e. The Kier molecular flexibility index (Phi) is 8.45. The zero-order valence-corrected chi connectivity index (χ0v) is 19.9. The zero-order chi connectivity index (χ0) is 20.6. The maximum absolute atomic E-state index is 4.73. The average molecular weight is 529 g/mol. The second kappa shape index (κ2) is 11.5. The minimum absolute atomic E-state index is 0. The quantitative estimate of drug-likeness (QED) is 0.138. The number of nitrogens with one attached hydrogen (secondary N) is 3. The molecular weight excluding hydrogens is 501 g/mol. The van der Waals surface area contributed by atoms with Crippen LogP contribution < -0.4 is 10.6 Å². The van der Waals surface area contributed by atoms with E-state index in [4.69, 9.17) is 4.99 Å². The summed E-state index contributed by atoms with van der Waals surface area (Å²) in [7, 11) is 0. The number of rotatable bonds is 8. The number of aromatic nitrogens is 4. The molecule has 0 fully saturated rings. The molecule has 3 N–H and O–H groups in total. The number of H-pyrrole nitrogens is 1. The van der Waals surface area contributed by atoms with E-state index in [-0.39, 0.29) is 24.0 Å². The van der Waals surface area contributed by atoms with E-state index >= 15 is 0 Å². The van der Waals surface area contributed by atoms with E-state index in [2.05, 4.69) is 86.0 Å². The van der Waals surface area contributed by atoms with E-state index < -0.39 is 0 Å². The van der Waals surface area contributed by atoms with E-state index in [9.17, 15) is 0 Å². The highest BCUT2D eigenvalue weighted by molar-refractivity contribution is 14.0. The van der Waals surface area contributed by atoms with Crippen molar-refractivity contribution in [2.75, 3.05) is 13.1 Å². The average Bonchev–Trinajstić information content (AvgIpc) is 3.46. The van der Waals surface area contributed by atoms with Gasteiger partial charge in [-0.05, 0) is 42.5 Å². The van der Waals surface area contributed by atoms with Crippen molar-refractivity contribution in [3.05, 3.63) is 72.7 Å². The summed E-state index contributed by atoms with van der Waals surface area (Å²) in [5.74, 6) is 1.60. The third-order valence-electron chi connectivity index (χ3n) is 4.93. The number of halogens is 1. The first-order chi connectivity index (χ1) is 14.8. The Morgan fingerprint density at radius 1 is 1.10 bits per heavy atom. The molecule has 0 amide bonds. The smallest absolute Gasteiger partial charge is 0.191 e. The molecule has 2 aromatic carbocycles. The predicted octanol–water partition coefficient (Wildman–Crippen LogP) is 4.19. The van der Waals surface area contributed by atoms with Crippen LogP contribution in [0.25, 0.3) is 22.3 Å². The van der Waals surface area contributed by atoms with Crippen molar-refractivity contribution in [2.45, 2.75) is 26.4 Å². The largest absolute Gasteiger partial charge is 0.357 e. The molecule has 0 aliphatic rings. The fourth-order valence-electron chi connectivity index (χ4n) is 3.47. The molecule has 4 aromatic rings. The lowest BCUT2D eigenvalue weighted by Gasteiger charge is -2.12. The lowest BCUT2D eigenvalue weighted by molar-refractivity contribution is 0.641. The van der Waals surface area contributed by atoms with Gasteiger partial charge in [-0.1, -0.05) is 36.4 Å². The molecule has 2 heterocycles. The maximum Gasteiger partial charge on any atom is 0.191 e. The van der Waals surface area contributed by atoms with Gasteiger partial charge in [0.15, 0.2) is 11.8 Å². The Bertz CT molecular complexity index is 1100. The Morgan fingerprint density at radius 2 is 2.00 bits per heavy atom. The van der Waals surface area contributed by atoms with Gasteiger partial charge in [-0.25, -0.2) is 9.98 Å². The molecule has 0 atom stereocenters. The van der Waals surface area contributed by atoms with E-state index in [0.29, 0.717) is 6.54 Å². The van der Waals surface area contributed by atoms with Gasteiger partial charge in [0, 0.05) is 36.9 Å². The molecule has 0 aliphatic carbocycles. The molecule has 0 bridgehead atoms. The molecule has 8 heteroatoms. The second-order valence-electron chi connectivity index (χ2n) is 7.08. The normalized spacial score (nSPS) is 11.3. The number of aliphatic imine (C=N–C) groups is 1.